The molecule has 5 amide bonds. The third-order valence-electron chi connectivity index (χ3n) is 5.26. The predicted octanol–water partition coefficient (Wildman–Crippen LogP) is 1.66. The summed E-state index contributed by atoms with van der Waals surface area (Å²) in [5.41, 5.74) is 0.246. The van der Waals surface area contributed by atoms with Crippen LogP contribution in [-0.2, 0) is 16.0 Å². The van der Waals surface area contributed by atoms with Crippen LogP contribution in [0.1, 0.15) is 54.9 Å². The van der Waals surface area contributed by atoms with Gasteiger partial charge in [-0.05, 0) is 49.8 Å². The van der Waals surface area contributed by atoms with Gasteiger partial charge in [0, 0.05) is 5.56 Å². The summed E-state index contributed by atoms with van der Waals surface area (Å²) < 4.78 is 0. The van der Waals surface area contributed by atoms with Gasteiger partial charge >= 0.3 is 6.03 Å². The fourth-order valence-electron chi connectivity index (χ4n) is 3.75. The lowest BCUT2D eigenvalue weighted by molar-refractivity contribution is -0.145. The number of benzene rings is 1. The first-order chi connectivity index (χ1) is 12.5. The van der Waals surface area contributed by atoms with Crippen LogP contribution in [-0.4, -0.2) is 29.8 Å². The Hall–Kier alpha value is -2.70. The van der Waals surface area contributed by atoms with Gasteiger partial charge in [-0.3, -0.25) is 25.0 Å². The maximum Gasteiger partial charge on any atom is 0.328 e. The lowest BCUT2D eigenvalue weighted by Crippen LogP contribution is -2.67. The molecule has 2 aliphatic rings. The van der Waals surface area contributed by atoms with E-state index in [0.717, 1.165) is 19.3 Å². The molecule has 0 bridgehead atoms. The van der Waals surface area contributed by atoms with E-state index >= 15 is 0 Å². The number of imide groups is 2. The van der Waals surface area contributed by atoms with Crippen LogP contribution < -0.4 is 16.0 Å². The quantitative estimate of drug-likeness (QED) is 0.697. The van der Waals surface area contributed by atoms with E-state index in [0.29, 0.717) is 24.8 Å². The number of hydrogen-bond acceptors (Lipinski definition) is 4. The maximum atomic E-state index is 12.6. The number of aryl methyl sites for hydroxylation is 1. The number of rotatable bonds is 5. The molecule has 138 valence electrons. The number of urea groups is 1. The molecule has 7 nitrogen and oxygen atoms in total. The smallest absolute Gasteiger partial charge is 0.328 e. The molecular weight excluding hydrogens is 334 g/mol. The highest BCUT2D eigenvalue weighted by molar-refractivity contribution is 6.20. The molecule has 1 aromatic carbocycles. The van der Waals surface area contributed by atoms with E-state index in [1.807, 2.05) is 12.1 Å². The first kappa shape index (κ1) is 18.1. The van der Waals surface area contributed by atoms with Gasteiger partial charge in [0.25, 0.3) is 5.91 Å². The first-order valence-electron chi connectivity index (χ1n) is 9.04. The Labute approximate surface area is 151 Å². The molecule has 1 aliphatic heterocycles. The summed E-state index contributed by atoms with van der Waals surface area (Å²) in [6.45, 7) is 2.13. The number of barbiturate groups is 1. The summed E-state index contributed by atoms with van der Waals surface area (Å²) in [4.78, 5) is 48.7. The van der Waals surface area contributed by atoms with Crippen LogP contribution in [0.3, 0.4) is 0 Å². The zero-order valence-electron chi connectivity index (χ0n) is 14.8. The molecule has 2 fully saturated rings. The highest BCUT2D eigenvalue weighted by Gasteiger charge is 2.58. The van der Waals surface area contributed by atoms with Crippen LogP contribution in [0.4, 0.5) is 4.79 Å². The highest BCUT2D eigenvalue weighted by Crippen LogP contribution is 2.40. The van der Waals surface area contributed by atoms with Crippen molar-refractivity contribution in [1.82, 2.24) is 16.0 Å². The minimum atomic E-state index is -1.41. The predicted molar refractivity (Wildman–Crippen MR) is 94.3 cm³/mol. The van der Waals surface area contributed by atoms with Crippen LogP contribution in [0.25, 0.3) is 0 Å². The van der Waals surface area contributed by atoms with Crippen LogP contribution >= 0.6 is 0 Å². The van der Waals surface area contributed by atoms with Crippen molar-refractivity contribution >= 4 is 23.8 Å². The van der Waals surface area contributed by atoms with Gasteiger partial charge in [0.05, 0.1) is 6.04 Å². The van der Waals surface area contributed by atoms with Crippen molar-refractivity contribution in [2.75, 3.05) is 0 Å². The SMILES string of the molecule is CCCCc1ccc(C(=O)N[C@@H]2CCCC23C(=O)NC(=O)NC3=O)cc1. The van der Waals surface area contributed by atoms with Crippen molar-refractivity contribution < 1.29 is 19.2 Å². The van der Waals surface area contributed by atoms with E-state index in [-0.39, 0.29) is 5.91 Å². The van der Waals surface area contributed by atoms with Gasteiger partial charge in [-0.15, -0.1) is 0 Å². The van der Waals surface area contributed by atoms with E-state index in [1.54, 1.807) is 12.1 Å². The van der Waals surface area contributed by atoms with Crippen molar-refractivity contribution in [3.63, 3.8) is 0 Å². The molecule has 1 spiro atoms. The Morgan fingerprint density at radius 1 is 1.15 bits per heavy atom. The van der Waals surface area contributed by atoms with Gasteiger partial charge in [0.15, 0.2) is 0 Å². The molecule has 1 aliphatic carbocycles. The van der Waals surface area contributed by atoms with Gasteiger partial charge in [0.1, 0.15) is 5.41 Å². The maximum absolute atomic E-state index is 12.6. The monoisotopic (exact) mass is 357 g/mol. The fraction of sp³-hybridized carbons (Fsp3) is 0.474. The van der Waals surface area contributed by atoms with Gasteiger partial charge in [0.2, 0.25) is 11.8 Å². The number of amides is 5. The molecule has 0 aromatic heterocycles. The average molecular weight is 357 g/mol. The molecule has 0 radical (unpaired) electrons. The van der Waals surface area contributed by atoms with E-state index < -0.39 is 29.3 Å². The summed E-state index contributed by atoms with van der Waals surface area (Å²) in [5.74, 6) is -1.59. The summed E-state index contributed by atoms with van der Waals surface area (Å²) in [6.07, 6.45) is 4.61. The Kier molecular flexibility index (Phi) is 5.06. The first-order valence-corrected chi connectivity index (χ1v) is 9.04. The van der Waals surface area contributed by atoms with Gasteiger partial charge in [-0.2, -0.15) is 0 Å². The second-order valence-electron chi connectivity index (χ2n) is 6.93. The fourth-order valence-corrected chi connectivity index (χ4v) is 3.75. The van der Waals surface area contributed by atoms with Crippen molar-refractivity contribution in [3.05, 3.63) is 35.4 Å². The Bertz CT molecular complexity index is 722. The molecule has 1 saturated heterocycles. The number of nitrogens with one attached hydrogen (secondary N) is 3. The average Bonchev–Trinajstić information content (AvgIpc) is 3.03. The summed E-state index contributed by atoms with van der Waals surface area (Å²) in [6, 6.07) is 5.91. The van der Waals surface area contributed by atoms with E-state index in [9.17, 15) is 19.2 Å². The molecule has 26 heavy (non-hydrogen) atoms. The molecule has 1 heterocycles. The second kappa shape index (κ2) is 7.27. The van der Waals surface area contributed by atoms with Gasteiger partial charge in [-0.1, -0.05) is 25.5 Å². The number of hydrogen-bond donors (Lipinski definition) is 3. The number of carbonyl (C=O) groups excluding carboxylic acids is 4. The summed E-state index contributed by atoms with van der Waals surface area (Å²) >= 11 is 0. The van der Waals surface area contributed by atoms with E-state index in [1.165, 1.54) is 5.56 Å². The van der Waals surface area contributed by atoms with Crippen molar-refractivity contribution in [3.8, 4) is 0 Å². The van der Waals surface area contributed by atoms with Crippen molar-refractivity contribution in [1.29, 1.82) is 0 Å². The van der Waals surface area contributed by atoms with Crippen molar-refractivity contribution in [2.45, 2.75) is 51.5 Å². The minimum absolute atomic E-state index is 0.304. The Morgan fingerprint density at radius 3 is 2.42 bits per heavy atom. The highest BCUT2D eigenvalue weighted by atomic mass is 16.2. The Balaban J connectivity index is 1.73. The zero-order valence-corrected chi connectivity index (χ0v) is 14.8. The molecule has 0 unspecified atom stereocenters. The third kappa shape index (κ3) is 3.21. The normalized spacial score (nSPS) is 21.4. The van der Waals surface area contributed by atoms with Gasteiger partial charge in [-0.25, -0.2) is 4.79 Å². The summed E-state index contributed by atoms with van der Waals surface area (Å²) in [5, 5.41) is 7.12. The zero-order chi connectivity index (χ0) is 18.7. The lowest BCUT2D eigenvalue weighted by Gasteiger charge is -2.35. The van der Waals surface area contributed by atoms with Crippen LogP contribution in [0.15, 0.2) is 24.3 Å². The standard InChI is InChI=1S/C19H23N3O4/c1-2-3-5-12-7-9-13(10-8-12)15(23)20-14-6-4-11-19(14)16(24)21-18(26)22-17(19)25/h7-10,14H,2-6,11H2,1H3,(H,20,23)(H2,21,22,24,25,26)/t14-/m1/s1. The van der Waals surface area contributed by atoms with Crippen LogP contribution in [0.2, 0.25) is 0 Å². The molecule has 1 saturated carbocycles. The van der Waals surface area contributed by atoms with E-state index in [4.69, 9.17) is 0 Å². The van der Waals surface area contributed by atoms with Crippen LogP contribution in [0.5, 0.6) is 0 Å². The second-order valence-corrected chi connectivity index (χ2v) is 6.93. The molecule has 1 atom stereocenters. The largest absolute Gasteiger partial charge is 0.348 e. The number of carbonyl (C=O) groups is 4. The lowest BCUT2D eigenvalue weighted by atomic mass is 9.79. The van der Waals surface area contributed by atoms with Crippen LogP contribution in [0, 0.1) is 5.41 Å². The molecule has 1 aromatic rings. The molecule has 3 N–H and O–H groups in total. The van der Waals surface area contributed by atoms with Gasteiger partial charge < -0.3 is 5.32 Å². The molecule has 3 rings (SSSR count). The van der Waals surface area contributed by atoms with E-state index in [2.05, 4.69) is 22.9 Å². The third-order valence-corrected chi connectivity index (χ3v) is 5.26. The number of unbranched alkanes of at least 4 members (excludes halogenated alkanes) is 1. The van der Waals surface area contributed by atoms with Crippen molar-refractivity contribution in [2.24, 2.45) is 5.41 Å². The minimum Gasteiger partial charge on any atom is -0.348 e. The topological polar surface area (TPSA) is 104 Å². The Morgan fingerprint density at radius 2 is 1.81 bits per heavy atom. The molecular formula is C19H23N3O4. The molecule has 7 heteroatoms. The summed E-state index contributed by atoms with van der Waals surface area (Å²) in [7, 11) is 0.